The number of alkyl halides is 6. The van der Waals surface area contributed by atoms with Crippen LogP contribution in [0.3, 0.4) is 0 Å². The van der Waals surface area contributed by atoms with Crippen molar-refractivity contribution in [3.05, 3.63) is 23.3 Å². The lowest BCUT2D eigenvalue weighted by molar-refractivity contribution is -0.154. The second kappa shape index (κ2) is 6.84. The molecule has 0 aliphatic heterocycles. The number of aromatic carboxylic acids is 2. The van der Waals surface area contributed by atoms with Crippen LogP contribution in [-0.2, 0) is 0 Å². The first kappa shape index (κ1) is 19.4. The van der Waals surface area contributed by atoms with Gasteiger partial charge in [0, 0.05) is 0 Å². The summed E-state index contributed by atoms with van der Waals surface area (Å²) in [5, 5.41) is 17.9. The molecule has 0 spiro atoms. The summed E-state index contributed by atoms with van der Waals surface area (Å²) in [4.78, 5) is 22.2. The van der Waals surface area contributed by atoms with Crippen molar-refractivity contribution in [2.45, 2.75) is 12.4 Å². The van der Waals surface area contributed by atoms with Gasteiger partial charge in [0.05, 0.1) is 0 Å². The molecule has 0 unspecified atom stereocenters. The molecule has 0 heterocycles. The standard InChI is InChI=1S/C12H8F6O6/c13-11(14,15)3-23-5-1-2-6(24-4-12(16,17)18)8(10(21)22)7(5)9(19)20/h1-2H,3-4H2,(H,19,20)(H,21,22). The predicted octanol–water partition coefficient (Wildman–Crippen LogP) is 2.97. The van der Waals surface area contributed by atoms with E-state index in [0.29, 0.717) is 12.1 Å². The summed E-state index contributed by atoms with van der Waals surface area (Å²) in [6.07, 6.45) is -9.69. The number of carboxylic acids is 2. The second-order valence-corrected chi connectivity index (χ2v) is 4.23. The number of rotatable bonds is 6. The lowest BCUT2D eigenvalue weighted by Gasteiger charge is -2.16. The van der Waals surface area contributed by atoms with Crippen molar-refractivity contribution >= 4 is 11.9 Å². The largest absolute Gasteiger partial charge is 0.483 e. The molecule has 1 rings (SSSR count). The number of ether oxygens (including phenoxy) is 2. The maximum Gasteiger partial charge on any atom is 0.422 e. The van der Waals surface area contributed by atoms with Crippen LogP contribution in [0.1, 0.15) is 20.7 Å². The zero-order valence-corrected chi connectivity index (χ0v) is 11.4. The van der Waals surface area contributed by atoms with E-state index in [2.05, 4.69) is 9.47 Å². The van der Waals surface area contributed by atoms with Crippen LogP contribution in [0.2, 0.25) is 0 Å². The zero-order chi connectivity index (χ0) is 18.7. The highest BCUT2D eigenvalue weighted by Gasteiger charge is 2.33. The van der Waals surface area contributed by atoms with Crippen LogP contribution in [0.5, 0.6) is 11.5 Å². The highest BCUT2D eigenvalue weighted by molar-refractivity contribution is 6.05. The Morgan fingerprint density at radius 3 is 1.29 bits per heavy atom. The van der Waals surface area contributed by atoms with E-state index in [9.17, 15) is 35.9 Å². The molecular weight excluding hydrogens is 354 g/mol. The Hall–Kier alpha value is -2.66. The summed E-state index contributed by atoms with van der Waals surface area (Å²) in [5.74, 6) is -5.97. The van der Waals surface area contributed by atoms with Crippen molar-refractivity contribution in [2.75, 3.05) is 13.2 Å². The van der Waals surface area contributed by atoms with E-state index in [1.165, 1.54) is 0 Å². The average molecular weight is 362 g/mol. The second-order valence-electron chi connectivity index (χ2n) is 4.23. The molecule has 0 aliphatic carbocycles. The van der Waals surface area contributed by atoms with Gasteiger partial charge in [0.15, 0.2) is 13.2 Å². The Balaban J connectivity index is 3.32. The molecule has 24 heavy (non-hydrogen) atoms. The van der Waals surface area contributed by atoms with Crippen LogP contribution in [-0.4, -0.2) is 47.7 Å². The fourth-order valence-corrected chi connectivity index (χ4v) is 1.55. The van der Waals surface area contributed by atoms with E-state index in [1.807, 2.05) is 0 Å². The molecule has 0 bridgehead atoms. The third-order valence-electron chi connectivity index (χ3n) is 2.34. The van der Waals surface area contributed by atoms with Gasteiger partial charge in [-0.3, -0.25) is 0 Å². The van der Waals surface area contributed by atoms with E-state index >= 15 is 0 Å². The third kappa shape index (κ3) is 5.52. The number of carbonyl (C=O) groups is 2. The first-order valence-electron chi connectivity index (χ1n) is 5.84. The van der Waals surface area contributed by atoms with Gasteiger partial charge in [0.25, 0.3) is 0 Å². The quantitative estimate of drug-likeness (QED) is 0.756. The topological polar surface area (TPSA) is 93.1 Å². The summed E-state index contributed by atoms with van der Waals surface area (Å²) >= 11 is 0. The van der Waals surface area contributed by atoms with Crippen molar-refractivity contribution in [2.24, 2.45) is 0 Å². The van der Waals surface area contributed by atoms with Crippen LogP contribution in [0.4, 0.5) is 26.3 Å². The molecule has 1 aromatic rings. The van der Waals surface area contributed by atoms with Crippen LogP contribution in [0, 0.1) is 0 Å². The van der Waals surface area contributed by atoms with E-state index < -0.39 is 60.1 Å². The first-order chi connectivity index (χ1) is 10.8. The fourth-order valence-electron chi connectivity index (χ4n) is 1.55. The Labute approximate surface area is 129 Å². The summed E-state index contributed by atoms with van der Waals surface area (Å²) in [5.41, 5.74) is -2.52. The molecular formula is C12H8F6O6. The lowest BCUT2D eigenvalue weighted by Crippen LogP contribution is -2.23. The number of benzene rings is 1. The van der Waals surface area contributed by atoms with Gasteiger partial charge < -0.3 is 19.7 Å². The summed E-state index contributed by atoms with van der Waals surface area (Å²) < 4.78 is 81.2. The van der Waals surface area contributed by atoms with Crippen LogP contribution >= 0.6 is 0 Å². The first-order valence-corrected chi connectivity index (χ1v) is 5.84. The van der Waals surface area contributed by atoms with Gasteiger partial charge in [-0.15, -0.1) is 0 Å². The Bertz CT molecular complexity index is 581. The molecule has 0 aromatic heterocycles. The van der Waals surface area contributed by atoms with Gasteiger partial charge in [0.1, 0.15) is 22.6 Å². The molecule has 134 valence electrons. The molecule has 0 saturated heterocycles. The maximum absolute atomic E-state index is 12.1. The van der Waals surface area contributed by atoms with Crippen molar-refractivity contribution in [3.63, 3.8) is 0 Å². The molecule has 2 N–H and O–H groups in total. The Morgan fingerprint density at radius 1 is 0.792 bits per heavy atom. The summed E-state index contributed by atoms with van der Waals surface area (Å²) in [6, 6.07) is 1.15. The van der Waals surface area contributed by atoms with Gasteiger partial charge in [-0.2, -0.15) is 26.3 Å². The zero-order valence-electron chi connectivity index (χ0n) is 11.4. The van der Waals surface area contributed by atoms with Crippen molar-refractivity contribution in [1.82, 2.24) is 0 Å². The van der Waals surface area contributed by atoms with Crippen molar-refractivity contribution < 1.29 is 55.6 Å². The lowest BCUT2D eigenvalue weighted by atomic mass is 10.1. The maximum atomic E-state index is 12.1. The summed E-state index contributed by atoms with van der Waals surface area (Å²) in [6.45, 7) is -3.84. The molecule has 0 radical (unpaired) electrons. The van der Waals surface area contributed by atoms with Gasteiger partial charge in [-0.05, 0) is 12.1 Å². The van der Waals surface area contributed by atoms with E-state index in [0.717, 1.165) is 0 Å². The van der Waals surface area contributed by atoms with Crippen LogP contribution in [0.25, 0.3) is 0 Å². The molecule has 0 fully saturated rings. The number of carboxylic acid groups (broad SMARTS) is 2. The van der Waals surface area contributed by atoms with Crippen LogP contribution < -0.4 is 9.47 Å². The highest BCUT2D eigenvalue weighted by atomic mass is 19.4. The molecule has 12 heteroatoms. The Kier molecular flexibility index (Phi) is 5.53. The van der Waals surface area contributed by atoms with Gasteiger partial charge in [-0.1, -0.05) is 0 Å². The van der Waals surface area contributed by atoms with E-state index in [4.69, 9.17) is 10.2 Å². The minimum absolute atomic E-state index is 0.577. The molecule has 0 saturated carbocycles. The van der Waals surface area contributed by atoms with Crippen LogP contribution in [0.15, 0.2) is 12.1 Å². The SMILES string of the molecule is O=C(O)c1c(OCC(F)(F)F)ccc(OCC(F)(F)F)c1C(=O)O. The number of halogens is 6. The average Bonchev–Trinajstić information content (AvgIpc) is 2.40. The number of hydrogen-bond donors (Lipinski definition) is 2. The molecule has 0 aliphatic rings. The van der Waals surface area contributed by atoms with E-state index in [-0.39, 0.29) is 0 Å². The normalized spacial score (nSPS) is 11.9. The smallest absolute Gasteiger partial charge is 0.422 e. The minimum Gasteiger partial charge on any atom is -0.483 e. The molecule has 0 amide bonds. The Morgan fingerprint density at radius 2 is 1.08 bits per heavy atom. The number of hydrogen-bond acceptors (Lipinski definition) is 4. The monoisotopic (exact) mass is 362 g/mol. The van der Waals surface area contributed by atoms with Crippen molar-refractivity contribution in [1.29, 1.82) is 0 Å². The van der Waals surface area contributed by atoms with Gasteiger partial charge in [-0.25, -0.2) is 9.59 Å². The molecule has 1 aromatic carbocycles. The molecule has 6 nitrogen and oxygen atoms in total. The highest BCUT2D eigenvalue weighted by Crippen LogP contribution is 2.33. The predicted molar refractivity (Wildman–Crippen MR) is 63.5 cm³/mol. The van der Waals surface area contributed by atoms with Gasteiger partial charge in [0.2, 0.25) is 0 Å². The molecule has 0 atom stereocenters. The minimum atomic E-state index is -4.84. The summed E-state index contributed by atoms with van der Waals surface area (Å²) in [7, 11) is 0. The third-order valence-corrected chi connectivity index (χ3v) is 2.34. The van der Waals surface area contributed by atoms with Crippen molar-refractivity contribution in [3.8, 4) is 11.5 Å². The van der Waals surface area contributed by atoms with Gasteiger partial charge >= 0.3 is 24.3 Å². The van der Waals surface area contributed by atoms with E-state index in [1.54, 1.807) is 0 Å². The fraction of sp³-hybridized carbons (Fsp3) is 0.333.